The highest BCUT2D eigenvalue weighted by atomic mass is 32.2. The molecule has 2 heterocycles. The van der Waals surface area contributed by atoms with Crippen molar-refractivity contribution in [2.45, 2.75) is 17.4 Å². The van der Waals surface area contributed by atoms with E-state index in [2.05, 4.69) is 5.32 Å². The summed E-state index contributed by atoms with van der Waals surface area (Å²) in [6.45, 7) is 1.54. The van der Waals surface area contributed by atoms with Crippen molar-refractivity contribution in [1.29, 1.82) is 0 Å². The Morgan fingerprint density at radius 3 is 2.58 bits per heavy atom. The summed E-state index contributed by atoms with van der Waals surface area (Å²) in [6.07, 6.45) is 0.589. The number of thioether (sulfide) groups is 1. The van der Waals surface area contributed by atoms with E-state index in [1.165, 1.54) is 16.4 Å². The molecule has 0 saturated carbocycles. The van der Waals surface area contributed by atoms with Gasteiger partial charge in [0.15, 0.2) is 0 Å². The molecule has 132 valence electrons. The third-order valence-electron chi connectivity index (χ3n) is 4.23. The van der Waals surface area contributed by atoms with Crippen LogP contribution in [0.15, 0.2) is 29.2 Å². The highest BCUT2D eigenvalue weighted by molar-refractivity contribution is 7.99. The summed E-state index contributed by atoms with van der Waals surface area (Å²) in [4.78, 5) is 14.3. The van der Waals surface area contributed by atoms with Crippen molar-refractivity contribution in [2.24, 2.45) is 0 Å². The zero-order valence-corrected chi connectivity index (χ0v) is 14.8. The molecule has 1 atom stereocenters. The van der Waals surface area contributed by atoms with E-state index in [1.54, 1.807) is 16.7 Å². The van der Waals surface area contributed by atoms with Gasteiger partial charge in [-0.3, -0.25) is 10.1 Å². The lowest BCUT2D eigenvalue weighted by Gasteiger charge is -2.24. The molecule has 24 heavy (non-hydrogen) atoms. The monoisotopic (exact) mass is 373 g/mol. The van der Waals surface area contributed by atoms with Crippen LogP contribution >= 0.6 is 11.8 Å². The maximum absolute atomic E-state index is 13.0. The number of benzene rings is 1. The Balaban J connectivity index is 1.68. The van der Waals surface area contributed by atoms with Crippen molar-refractivity contribution in [3.05, 3.63) is 30.1 Å². The lowest BCUT2D eigenvalue weighted by molar-refractivity contribution is -0.132. The summed E-state index contributed by atoms with van der Waals surface area (Å²) >= 11 is 1.69. The zero-order chi connectivity index (χ0) is 17.2. The number of nitrogens with zero attached hydrogens (tertiary/aromatic N) is 2. The normalized spacial score (nSPS) is 23.2. The molecule has 1 aromatic carbocycles. The largest absolute Gasteiger partial charge is 0.340 e. The second-order valence-electron chi connectivity index (χ2n) is 5.81. The molecule has 0 aromatic heterocycles. The summed E-state index contributed by atoms with van der Waals surface area (Å²) in [5, 5.41) is 3.15. The van der Waals surface area contributed by atoms with Crippen molar-refractivity contribution < 1.29 is 17.6 Å². The fourth-order valence-corrected chi connectivity index (χ4v) is 5.29. The van der Waals surface area contributed by atoms with E-state index in [4.69, 9.17) is 0 Å². The number of sulfonamides is 1. The molecule has 2 aliphatic rings. The fraction of sp³-hybridized carbons (Fsp3) is 0.533. The van der Waals surface area contributed by atoms with Crippen molar-refractivity contribution in [3.63, 3.8) is 0 Å². The Morgan fingerprint density at radius 1 is 1.17 bits per heavy atom. The van der Waals surface area contributed by atoms with Crippen LogP contribution in [0, 0.1) is 5.82 Å². The highest BCUT2D eigenvalue weighted by Crippen LogP contribution is 2.19. The number of carbonyl (C=O) groups excluding carboxylic acids is 1. The van der Waals surface area contributed by atoms with Gasteiger partial charge < -0.3 is 4.90 Å². The minimum atomic E-state index is -3.66. The number of rotatable bonds is 3. The highest BCUT2D eigenvalue weighted by Gasteiger charge is 2.31. The second-order valence-corrected chi connectivity index (χ2v) is 8.78. The van der Waals surface area contributed by atoms with E-state index in [0.717, 1.165) is 23.8 Å². The molecule has 1 N–H and O–H groups in total. The van der Waals surface area contributed by atoms with Crippen molar-refractivity contribution >= 4 is 27.7 Å². The topological polar surface area (TPSA) is 69.7 Å². The molecule has 0 radical (unpaired) electrons. The van der Waals surface area contributed by atoms with Gasteiger partial charge in [0.05, 0.1) is 10.9 Å². The van der Waals surface area contributed by atoms with Crippen LogP contribution in [-0.2, 0) is 14.8 Å². The quantitative estimate of drug-likeness (QED) is 0.845. The van der Waals surface area contributed by atoms with E-state index in [0.29, 0.717) is 26.1 Å². The lowest BCUT2D eigenvalue weighted by Crippen LogP contribution is -2.46. The Labute approximate surface area is 145 Å². The van der Waals surface area contributed by atoms with Crippen LogP contribution in [0.1, 0.15) is 6.42 Å². The van der Waals surface area contributed by atoms with Gasteiger partial charge in [-0.25, -0.2) is 12.8 Å². The Morgan fingerprint density at radius 2 is 1.92 bits per heavy atom. The third-order valence-corrected chi connectivity index (χ3v) is 7.09. The van der Waals surface area contributed by atoms with E-state index in [9.17, 15) is 17.6 Å². The fourth-order valence-electron chi connectivity index (χ4n) is 2.88. The van der Waals surface area contributed by atoms with Crippen molar-refractivity contribution in [3.8, 4) is 0 Å². The van der Waals surface area contributed by atoms with Gasteiger partial charge in [-0.05, 0) is 30.7 Å². The molecule has 0 aliphatic carbocycles. The van der Waals surface area contributed by atoms with Gasteiger partial charge in [-0.2, -0.15) is 4.31 Å². The van der Waals surface area contributed by atoms with E-state index in [-0.39, 0.29) is 23.4 Å². The average molecular weight is 373 g/mol. The molecule has 2 fully saturated rings. The number of carbonyl (C=O) groups is 1. The minimum Gasteiger partial charge on any atom is -0.340 e. The molecule has 2 saturated heterocycles. The molecule has 6 nitrogen and oxygen atoms in total. The van der Waals surface area contributed by atoms with Gasteiger partial charge in [0, 0.05) is 37.8 Å². The molecule has 2 aliphatic heterocycles. The first-order chi connectivity index (χ1) is 11.5. The summed E-state index contributed by atoms with van der Waals surface area (Å²) in [6, 6.07) is 4.67. The molecule has 1 amide bonds. The van der Waals surface area contributed by atoms with Crippen LogP contribution in [-0.4, -0.2) is 67.4 Å². The summed E-state index contributed by atoms with van der Waals surface area (Å²) in [5.41, 5.74) is 0. The van der Waals surface area contributed by atoms with Gasteiger partial charge in [-0.1, -0.05) is 0 Å². The molecule has 0 bridgehead atoms. The first-order valence-corrected chi connectivity index (χ1v) is 10.4. The molecular formula is C15H20FN3O3S2. The predicted molar refractivity (Wildman–Crippen MR) is 90.6 cm³/mol. The van der Waals surface area contributed by atoms with Crippen molar-refractivity contribution in [2.75, 3.05) is 37.8 Å². The van der Waals surface area contributed by atoms with Crippen molar-refractivity contribution in [1.82, 2.24) is 14.5 Å². The zero-order valence-electron chi connectivity index (χ0n) is 13.2. The van der Waals surface area contributed by atoms with Crippen LogP contribution in [0.2, 0.25) is 0 Å². The maximum Gasteiger partial charge on any atom is 0.243 e. The van der Waals surface area contributed by atoms with Crippen LogP contribution < -0.4 is 5.32 Å². The van der Waals surface area contributed by atoms with E-state index in [1.807, 2.05) is 0 Å². The van der Waals surface area contributed by atoms with Gasteiger partial charge in [0.25, 0.3) is 0 Å². The van der Waals surface area contributed by atoms with Crippen LogP contribution in [0.5, 0.6) is 0 Å². The summed E-state index contributed by atoms with van der Waals surface area (Å²) in [5.74, 6) is 1.10. The van der Waals surface area contributed by atoms with Crippen LogP contribution in [0.3, 0.4) is 0 Å². The summed E-state index contributed by atoms with van der Waals surface area (Å²) < 4.78 is 39.7. The number of hydrogen-bond acceptors (Lipinski definition) is 5. The Bertz CT molecular complexity index is 690. The standard InChI is InChI=1S/C15H20FN3O3S2/c16-12-2-4-13(5-3-12)24(21,22)19-7-1-6-18(8-9-19)15(20)14-10-23-11-17-14/h2-5,14,17H,1,6-11H2. The Kier molecular flexibility index (Phi) is 5.43. The summed E-state index contributed by atoms with van der Waals surface area (Å²) in [7, 11) is -3.66. The molecule has 0 spiro atoms. The molecule has 1 aromatic rings. The molecule has 9 heteroatoms. The lowest BCUT2D eigenvalue weighted by atomic mass is 10.2. The average Bonchev–Trinajstić information content (AvgIpc) is 2.98. The van der Waals surface area contributed by atoms with Gasteiger partial charge in [0.2, 0.25) is 15.9 Å². The number of amides is 1. The molecule has 1 unspecified atom stereocenters. The van der Waals surface area contributed by atoms with Gasteiger partial charge in [-0.15, -0.1) is 11.8 Å². The first-order valence-electron chi connectivity index (χ1n) is 7.84. The number of hydrogen-bond donors (Lipinski definition) is 1. The van der Waals surface area contributed by atoms with Crippen LogP contribution in [0.25, 0.3) is 0 Å². The third kappa shape index (κ3) is 3.74. The second kappa shape index (κ2) is 7.38. The van der Waals surface area contributed by atoms with Crippen LogP contribution in [0.4, 0.5) is 4.39 Å². The smallest absolute Gasteiger partial charge is 0.243 e. The molecule has 3 rings (SSSR count). The van der Waals surface area contributed by atoms with Gasteiger partial charge >= 0.3 is 0 Å². The maximum atomic E-state index is 13.0. The van der Waals surface area contributed by atoms with Gasteiger partial charge in [0.1, 0.15) is 5.82 Å². The SMILES string of the molecule is O=C(C1CSCN1)N1CCCN(S(=O)(=O)c2ccc(F)cc2)CC1. The van der Waals surface area contributed by atoms with E-state index < -0.39 is 15.8 Å². The Hall–Kier alpha value is -1.16. The number of halogens is 1. The first kappa shape index (κ1) is 17.7. The molecular weight excluding hydrogens is 353 g/mol. The number of nitrogens with one attached hydrogen (secondary N) is 1. The predicted octanol–water partition coefficient (Wildman–Crippen LogP) is 0.711. The minimum absolute atomic E-state index is 0.0426. The van der Waals surface area contributed by atoms with E-state index >= 15 is 0 Å².